The van der Waals surface area contributed by atoms with E-state index < -0.39 is 0 Å². The van der Waals surface area contributed by atoms with Gasteiger partial charge in [0.15, 0.2) is 0 Å². The monoisotopic (exact) mass is 234 g/mol. The highest BCUT2D eigenvalue weighted by molar-refractivity contribution is 5.13. The van der Waals surface area contributed by atoms with Gasteiger partial charge in [-0.3, -0.25) is 0 Å². The summed E-state index contributed by atoms with van der Waals surface area (Å²) in [7, 11) is 1.73. The van der Waals surface area contributed by atoms with Crippen LogP contribution in [0.25, 0.3) is 0 Å². The highest BCUT2D eigenvalue weighted by Gasteiger charge is 2.07. The Kier molecular flexibility index (Phi) is 7.35. The lowest BCUT2D eigenvalue weighted by Crippen LogP contribution is -2.15. The van der Waals surface area contributed by atoms with Gasteiger partial charge in [-0.25, -0.2) is 0 Å². The Morgan fingerprint density at radius 2 is 2.00 bits per heavy atom. The van der Waals surface area contributed by atoms with Crippen LogP contribution in [0.4, 0.5) is 0 Å². The molecular formula is C15H22O2. The summed E-state index contributed by atoms with van der Waals surface area (Å²) >= 11 is 0. The van der Waals surface area contributed by atoms with Crippen LogP contribution in [0, 0.1) is 5.92 Å². The average Bonchev–Trinajstić information content (AvgIpc) is 2.37. The first kappa shape index (κ1) is 13.9. The molecule has 94 valence electrons. The van der Waals surface area contributed by atoms with Gasteiger partial charge in [-0.2, -0.15) is 0 Å². The van der Waals surface area contributed by atoms with Crippen LogP contribution >= 0.6 is 0 Å². The summed E-state index contributed by atoms with van der Waals surface area (Å²) in [5.41, 5.74) is 1.22. The molecule has 0 heterocycles. The molecule has 2 heteroatoms. The SMILES string of the molecule is C=CCCC(COC)COCc1ccccc1. The summed E-state index contributed by atoms with van der Waals surface area (Å²) in [6.45, 7) is 5.91. The molecule has 0 N–H and O–H groups in total. The van der Waals surface area contributed by atoms with Crippen molar-refractivity contribution in [3.05, 3.63) is 48.6 Å². The van der Waals surface area contributed by atoms with Gasteiger partial charge in [0.05, 0.1) is 19.8 Å². The Balaban J connectivity index is 2.24. The molecule has 0 bridgehead atoms. The van der Waals surface area contributed by atoms with Crippen molar-refractivity contribution >= 4 is 0 Å². The van der Waals surface area contributed by atoms with Gasteiger partial charge in [-0.05, 0) is 18.4 Å². The van der Waals surface area contributed by atoms with Crippen molar-refractivity contribution in [2.24, 2.45) is 5.92 Å². The maximum Gasteiger partial charge on any atom is 0.0717 e. The fraction of sp³-hybridized carbons (Fsp3) is 0.467. The van der Waals surface area contributed by atoms with Crippen molar-refractivity contribution in [2.45, 2.75) is 19.4 Å². The fourth-order valence-electron chi connectivity index (χ4n) is 1.72. The minimum absolute atomic E-state index is 0.460. The number of allylic oxidation sites excluding steroid dienone is 1. The lowest BCUT2D eigenvalue weighted by Gasteiger charge is -2.15. The highest BCUT2D eigenvalue weighted by Crippen LogP contribution is 2.10. The van der Waals surface area contributed by atoms with E-state index in [-0.39, 0.29) is 0 Å². The van der Waals surface area contributed by atoms with Crippen LogP contribution < -0.4 is 0 Å². The first-order chi connectivity index (χ1) is 8.36. The van der Waals surface area contributed by atoms with Crippen LogP contribution in [-0.2, 0) is 16.1 Å². The van der Waals surface area contributed by atoms with Crippen LogP contribution in [0.3, 0.4) is 0 Å². The summed E-state index contributed by atoms with van der Waals surface area (Å²) in [6.07, 6.45) is 4.04. The van der Waals surface area contributed by atoms with Crippen LogP contribution in [-0.4, -0.2) is 20.3 Å². The van der Waals surface area contributed by atoms with Crippen molar-refractivity contribution in [1.82, 2.24) is 0 Å². The van der Waals surface area contributed by atoms with E-state index >= 15 is 0 Å². The predicted molar refractivity (Wildman–Crippen MR) is 70.9 cm³/mol. The van der Waals surface area contributed by atoms with Gasteiger partial charge >= 0.3 is 0 Å². The lowest BCUT2D eigenvalue weighted by molar-refractivity contribution is 0.0464. The minimum atomic E-state index is 0.460. The van der Waals surface area contributed by atoms with Gasteiger partial charge in [-0.15, -0.1) is 6.58 Å². The van der Waals surface area contributed by atoms with Crippen molar-refractivity contribution in [2.75, 3.05) is 20.3 Å². The molecule has 0 saturated heterocycles. The fourth-order valence-corrected chi connectivity index (χ4v) is 1.72. The molecule has 1 aromatic carbocycles. The smallest absolute Gasteiger partial charge is 0.0717 e. The number of hydrogen-bond donors (Lipinski definition) is 0. The zero-order valence-corrected chi connectivity index (χ0v) is 10.6. The zero-order valence-electron chi connectivity index (χ0n) is 10.6. The molecule has 0 fully saturated rings. The molecule has 2 nitrogen and oxygen atoms in total. The van der Waals surface area contributed by atoms with Crippen LogP contribution in [0.15, 0.2) is 43.0 Å². The first-order valence-corrected chi connectivity index (χ1v) is 6.08. The predicted octanol–water partition coefficient (Wildman–Crippen LogP) is 3.43. The number of rotatable bonds is 9. The first-order valence-electron chi connectivity index (χ1n) is 6.08. The maximum absolute atomic E-state index is 5.72. The van der Waals surface area contributed by atoms with Crippen molar-refractivity contribution in [1.29, 1.82) is 0 Å². The van der Waals surface area contributed by atoms with Crippen LogP contribution in [0.2, 0.25) is 0 Å². The quantitative estimate of drug-likeness (QED) is 0.609. The molecule has 0 aromatic heterocycles. The second-order valence-electron chi connectivity index (χ2n) is 4.19. The Bertz CT molecular complexity index is 295. The molecule has 0 spiro atoms. The highest BCUT2D eigenvalue weighted by atomic mass is 16.5. The van der Waals surface area contributed by atoms with Gasteiger partial charge in [0.25, 0.3) is 0 Å². The molecule has 1 rings (SSSR count). The van der Waals surface area contributed by atoms with Gasteiger partial charge < -0.3 is 9.47 Å². The largest absolute Gasteiger partial charge is 0.384 e. The average molecular weight is 234 g/mol. The topological polar surface area (TPSA) is 18.5 Å². The van der Waals surface area contributed by atoms with Crippen molar-refractivity contribution < 1.29 is 9.47 Å². The van der Waals surface area contributed by atoms with Crippen LogP contribution in [0.5, 0.6) is 0 Å². The van der Waals surface area contributed by atoms with E-state index in [9.17, 15) is 0 Å². The Morgan fingerprint density at radius 1 is 1.24 bits per heavy atom. The second kappa shape index (κ2) is 8.97. The molecule has 0 aliphatic heterocycles. The molecule has 1 aromatic rings. The van der Waals surface area contributed by atoms with E-state index in [1.54, 1.807) is 7.11 Å². The standard InChI is InChI=1S/C15H22O2/c1-3-4-8-15(11-16-2)13-17-12-14-9-6-5-7-10-14/h3,5-7,9-10,15H,1,4,8,11-13H2,2H3. The molecule has 1 unspecified atom stereocenters. The summed E-state index contributed by atoms with van der Waals surface area (Å²) in [6, 6.07) is 10.2. The van der Waals surface area contributed by atoms with E-state index in [0.29, 0.717) is 12.5 Å². The third-order valence-electron chi connectivity index (χ3n) is 2.65. The van der Waals surface area contributed by atoms with Crippen LogP contribution in [0.1, 0.15) is 18.4 Å². The van der Waals surface area contributed by atoms with E-state index in [4.69, 9.17) is 9.47 Å². The van der Waals surface area contributed by atoms with Crippen molar-refractivity contribution in [3.8, 4) is 0 Å². The molecular weight excluding hydrogens is 212 g/mol. The molecule has 0 amide bonds. The Morgan fingerprint density at radius 3 is 2.65 bits per heavy atom. The summed E-state index contributed by atoms with van der Waals surface area (Å²) in [5.74, 6) is 0.460. The molecule has 17 heavy (non-hydrogen) atoms. The summed E-state index contributed by atoms with van der Waals surface area (Å²) < 4.78 is 10.9. The molecule has 0 saturated carbocycles. The number of ether oxygens (including phenoxy) is 2. The number of hydrogen-bond acceptors (Lipinski definition) is 2. The minimum Gasteiger partial charge on any atom is -0.384 e. The molecule has 0 radical (unpaired) electrons. The molecule has 0 aliphatic rings. The van der Waals surface area contributed by atoms with Gasteiger partial charge in [0.1, 0.15) is 0 Å². The third-order valence-corrected chi connectivity index (χ3v) is 2.65. The number of benzene rings is 1. The summed E-state index contributed by atoms with van der Waals surface area (Å²) in [4.78, 5) is 0. The summed E-state index contributed by atoms with van der Waals surface area (Å²) in [5, 5.41) is 0. The maximum atomic E-state index is 5.72. The second-order valence-corrected chi connectivity index (χ2v) is 4.19. The van der Waals surface area contributed by atoms with Crippen molar-refractivity contribution in [3.63, 3.8) is 0 Å². The molecule has 0 aliphatic carbocycles. The zero-order chi connectivity index (χ0) is 12.3. The third kappa shape index (κ3) is 6.25. The Hall–Kier alpha value is -1.12. The van der Waals surface area contributed by atoms with Gasteiger partial charge in [0, 0.05) is 13.0 Å². The van der Waals surface area contributed by atoms with E-state index in [1.165, 1.54) is 5.56 Å². The lowest BCUT2D eigenvalue weighted by atomic mass is 10.1. The number of methoxy groups -OCH3 is 1. The Labute approximate surface area is 104 Å². The van der Waals surface area contributed by atoms with Gasteiger partial charge in [-0.1, -0.05) is 36.4 Å². The van der Waals surface area contributed by atoms with Gasteiger partial charge in [0.2, 0.25) is 0 Å². The normalized spacial score (nSPS) is 12.3. The van der Waals surface area contributed by atoms with E-state index in [0.717, 1.165) is 26.1 Å². The van der Waals surface area contributed by atoms with E-state index in [2.05, 4.69) is 18.7 Å². The van der Waals surface area contributed by atoms with E-state index in [1.807, 2.05) is 24.3 Å². The molecule has 1 atom stereocenters.